The van der Waals surface area contributed by atoms with Gasteiger partial charge >= 0.3 is 6.29 Å². The van der Waals surface area contributed by atoms with Gasteiger partial charge in [-0.05, 0) is 47.9 Å². The van der Waals surface area contributed by atoms with Crippen LogP contribution in [0.4, 0.5) is 13.2 Å². The van der Waals surface area contributed by atoms with Crippen molar-refractivity contribution in [3.8, 4) is 11.5 Å². The first-order valence-electron chi connectivity index (χ1n) is 9.92. The molecule has 4 rings (SSSR count). The Bertz CT molecular complexity index is 1250. The Kier molecular flexibility index (Phi) is 5.27. The molecule has 0 saturated heterocycles. The second-order valence-electron chi connectivity index (χ2n) is 7.42. The highest BCUT2D eigenvalue weighted by molar-refractivity contribution is 6.09. The number of halogens is 3. The fourth-order valence-corrected chi connectivity index (χ4v) is 3.80. The average molecular weight is 455 g/mol. The van der Waals surface area contributed by atoms with Crippen molar-refractivity contribution >= 4 is 17.4 Å². The number of rotatable bonds is 5. The fraction of sp³-hybridized carbons (Fsp3) is 0.167. The Hall–Kier alpha value is -4.01. The largest absolute Gasteiger partial charge is 0.586 e. The molecular formula is C24H20F3N3O3. The third-order valence-electron chi connectivity index (χ3n) is 5.44. The number of benzene rings is 2. The van der Waals surface area contributed by atoms with Gasteiger partial charge in [-0.15, -0.1) is 8.78 Å². The Morgan fingerprint density at radius 2 is 1.82 bits per heavy atom. The van der Waals surface area contributed by atoms with Crippen molar-refractivity contribution in [2.45, 2.75) is 18.8 Å². The number of amides is 1. The van der Waals surface area contributed by atoms with Gasteiger partial charge in [0.1, 0.15) is 5.82 Å². The minimum absolute atomic E-state index is 0.0812. The Morgan fingerprint density at radius 3 is 2.45 bits per heavy atom. The van der Waals surface area contributed by atoms with Crippen LogP contribution in [0.2, 0.25) is 0 Å². The lowest BCUT2D eigenvalue weighted by Crippen LogP contribution is -2.41. The van der Waals surface area contributed by atoms with Gasteiger partial charge in [0.2, 0.25) is 0 Å². The van der Waals surface area contributed by atoms with Crippen LogP contribution in [0.3, 0.4) is 0 Å². The van der Waals surface area contributed by atoms with Gasteiger partial charge in [0.05, 0.1) is 0 Å². The quantitative estimate of drug-likeness (QED) is 0.682. The van der Waals surface area contributed by atoms with Crippen LogP contribution >= 0.6 is 0 Å². The summed E-state index contributed by atoms with van der Waals surface area (Å²) in [7, 11) is 1.44. The second-order valence-corrected chi connectivity index (χ2v) is 7.42. The maximum absolute atomic E-state index is 14.8. The first-order valence-corrected chi connectivity index (χ1v) is 9.92. The highest BCUT2D eigenvalue weighted by Gasteiger charge is 2.51. The number of carbonyl (C=O) groups is 1. The van der Waals surface area contributed by atoms with E-state index in [4.69, 9.17) is 5.73 Å². The SMILES string of the molecule is C=C/C(=C\C=C/C)c1cc(C2(c3ccc4c(c3)OC(F)(F)O4)N=C(N)N(C)C2=O)ccc1F. The highest BCUT2D eigenvalue weighted by atomic mass is 19.3. The number of guanidine groups is 1. The molecule has 0 radical (unpaired) electrons. The Labute approximate surface area is 188 Å². The maximum Gasteiger partial charge on any atom is 0.586 e. The first kappa shape index (κ1) is 22.2. The molecule has 170 valence electrons. The Balaban J connectivity index is 1.94. The van der Waals surface area contributed by atoms with Crippen molar-refractivity contribution in [2.24, 2.45) is 10.7 Å². The predicted octanol–water partition coefficient (Wildman–Crippen LogP) is 4.32. The monoisotopic (exact) mass is 455 g/mol. The van der Waals surface area contributed by atoms with E-state index in [1.807, 2.05) is 6.92 Å². The number of hydrogen-bond acceptors (Lipinski definition) is 5. The molecule has 2 N–H and O–H groups in total. The van der Waals surface area contributed by atoms with Gasteiger partial charge in [-0.1, -0.05) is 43.0 Å². The lowest BCUT2D eigenvalue weighted by Gasteiger charge is -2.27. The van der Waals surface area contributed by atoms with Crippen LogP contribution in [-0.4, -0.2) is 30.1 Å². The molecule has 1 atom stereocenters. The summed E-state index contributed by atoms with van der Waals surface area (Å²) in [5.74, 6) is -1.60. The van der Waals surface area contributed by atoms with Crippen molar-refractivity contribution in [1.29, 1.82) is 0 Å². The number of likely N-dealkylation sites (N-methyl/N-ethyl adjacent to an activating group) is 1. The van der Waals surface area contributed by atoms with E-state index in [0.717, 1.165) is 4.90 Å². The van der Waals surface area contributed by atoms with E-state index in [2.05, 4.69) is 21.0 Å². The van der Waals surface area contributed by atoms with E-state index in [1.54, 1.807) is 18.2 Å². The van der Waals surface area contributed by atoms with Crippen LogP contribution < -0.4 is 15.2 Å². The zero-order chi connectivity index (χ0) is 24.0. The van der Waals surface area contributed by atoms with Crippen LogP contribution in [0.1, 0.15) is 23.6 Å². The number of nitrogens with zero attached hydrogens (tertiary/aromatic N) is 2. The van der Waals surface area contributed by atoms with E-state index in [9.17, 15) is 18.0 Å². The maximum atomic E-state index is 14.8. The Morgan fingerprint density at radius 1 is 1.15 bits per heavy atom. The molecule has 2 aromatic carbocycles. The molecular weight excluding hydrogens is 435 g/mol. The number of hydrogen-bond donors (Lipinski definition) is 1. The van der Waals surface area contributed by atoms with Crippen molar-refractivity contribution in [3.05, 3.63) is 89.8 Å². The number of alkyl halides is 2. The van der Waals surface area contributed by atoms with E-state index < -0.39 is 23.6 Å². The summed E-state index contributed by atoms with van der Waals surface area (Å²) in [4.78, 5) is 19.0. The van der Waals surface area contributed by atoms with Crippen molar-refractivity contribution in [2.75, 3.05) is 7.05 Å². The number of aliphatic imine (C=N–C) groups is 1. The standard InChI is InChI=1S/C24H20F3N3O3/c1-4-6-7-14(5-2)17-12-15(8-10-18(17)25)23(21(31)30(3)22(28)29-23)16-9-11-19-20(13-16)33-24(26,27)32-19/h4-13H,2H2,1,3H3,(H2,28,29)/b6-4-,14-7+. The zero-order valence-corrected chi connectivity index (χ0v) is 17.8. The lowest BCUT2D eigenvalue weighted by atomic mass is 9.81. The van der Waals surface area contributed by atoms with Crippen molar-refractivity contribution in [3.63, 3.8) is 0 Å². The molecule has 2 heterocycles. The smallest absolute Gasteiger partial charge is 0.395 e. The second kappa shape index (κ2) is 7.84. The molecule has 6 nitrogen and oxygen atoms in total. The molecule has 2 aliphatic heterocycles. The third kappa shape index (κ3) is 3.55. The van der Waals surface area contributed by atoms with Gasteiger partial charge < -0.3 is 15.2 Å². The third-order valence-corrected chi connectivity index (χ3v) is 5.44. The van der Waals surface area contributed by atoms with Crippen molar-refractivity contribution < 1.29 is 27.4 Å². The summed E-state index contributed by atoms with van der Waals surface area (Å²) in [5.41, 5.74) is 5.37. The summed E-state index contributed by atoms with van der Waals surface area (Å²) in [6, 6.07) is 8.01. The van der Waals surface area contributed by atoms with Gasteiger partial charge in [0, 0.05) is 12.6 Å². The summed E-state index contributed by atoms with van der Waals surface area (Å²) in [6.45, 7) is 5.55. The molecule has 0 fully saturated rings. The van der Waals surface area contributed by atoms with E-state index in [0.29, 0.717) is 5.57 Å². The minimum Gasteiger partial charge on any atom is -0.395 e. The van der Waals surface area contributed by atoms with Crippen molar-refractivity contribution in [1.82, 2.24) is 4.90 Å². The van der Waals surface area contributed by atoms with Gasteiger partial charge in [-0.25, -0.2) is 9.38 Å². The molecule has 0 bridgehead atoms. The van der Waals surface area contributed by atoms with Crippen LogP contribution in [0.15, 0.2) is 72.3 Å². The number of carbonyl (C=O) groups excluding carboxylic acids is 1. The first-order chi connectivity index (χ1) is 15.6. The van der Waals surface area contributed by atoms with E-state index in [-0.39, 0.29) is 34.1 Å². The molecule has 33 heavy (non-hydrogen) atoms. The van der Waals surface area contributed by atoms with E-state index in [1.165, 1.54) is 49.5 Å². The van der Waals surface area contributed by atoms with Gasteiger partial charge in [0.25, 0.3) is 5.91 Å². The number of allylic oxidation sites excluding steroid dienone is 5. The van der Waals surface area contributed by atoms with Crippen LogP contribution in [0.5, 0.6) is 11.5 Å². The van der Waals surface area contributed by atoms with Crippen LogP contribution in [0, 0.1) is 5.82 Å². The summed E-state index contributed by atoms with van der Waals surface area (Å²) < 4.78 is 50.9. The number of nitrogens with two attached hydrogens (primary N) is 1. The van der Waals surface area contributed by atoms with Crippen LogP contribution in [-0.2, 0) is 10.3 Å². The van der Waals surface area contributed by atoms with Crippen LogP contribution in [0.25, 0.3) is 5.57 Å². The van der Waals surface area contributed by atoms with Gasteiger partial charge in [0.15, 0.2) is 23.0 Å². The highest BCUT2D eigenvalue weighted by Crippen LogP contribution is 2.47. The fourth-order valence-electron chi connectivity index (χ4n) is 3.80. The van der Waals surface area contributed by atoms with Gasteiger partial charge in [-0.3, -0.25) is 9.69 Å². The summed E-state index contributed by atoms with van der Waals surface area (Å²) in [5, 5.41) is 0. The lowest BCUT2D eigenvalue weighted by molar-refractivity contribution is -0.286. The number of fused-ring (bicyclic) bond motifs is 1. The molecule has 2 aliphatic rings. The number of ether oxygens (including phenoxy) is 2. The molecule has 0 spiro atoms. The predicted molar refractivity (Wildman–Crippen MR) is 117 cm³/mol. The van der Waals surface area contributed by atoms with Gasteiger partial charge in [-0.2, -0.15) is 0 Å². The zero-order valence-electron chi connectivity index (χ0n) is 17.8. The molecule has 0 saturated carbocycles. The topological polar surface area (TPSA) is 77.2 Å². The molecule has 9 heteroatoms. The summed E-state index contributed by atoms with van der Waals surface area (Å²) >= 11 is 0. The van der Waals surface area contributed by atoms with E-state index >= 15 is 0 Å². The summed E-state index contributed by atoms with van der Waals surface area (Å²) in [6.07, 6.45) is 2.83. The molecule has 2 aromatic rings. The minimum atomic E-state index is -3.83. The normalized spacial score (nSPS) is 21.6. The average Bonchev–Trinajstić information content (AvgIpc) is 3.21. The molecule has 1 amide bonds. The molecule has 0 aliphatic carbocycles. The molecule has 0 aromatic heterocycles. The molecule has 1 unspecified atom stereocenters.